The van der Waals surface area contributed by atoms with Gasteiger partial charge in [-0.15, -0.1) is 11.3 Å². The lowest BCUT2D eigenvalue weighted by Crippen LogP contribution is -2.39. The summed E-state index contributed by atoms with van der Waals surface area (Å²) in [4.78, 5) is 29.2. The summed E-state index contributed by atoms with van der Waals surface area (Å²) in [7, 11) is 0. The Balaban J connectivity index is 1.40. The van der Waals surface area contributed by atoms with E-state index in [1.54, 1.807) is 16.2 Å². The van der Waals surface area contributed by atoms with Crippen LogP contribution in [0.1, 0.15) is 30.2 Å². The van der Waals surface area contributed by atoms with E-state index in [0.29, 0.717) is 30.5 Å². The SMILES string of the molecule is O=C([C@H]1C[C@@H]1[N+](=O)[O-])N1CCC(c2nc3cc(Cl)ccc3s2)CC1. The lowest BCUT2D eigenvalue weighted by Gasteiger charge is -2.31. The third-order valence-corrected chi connectivity index (χ3v) is 6.30. The molecule has 24 heavy (non-hydrogen) atoms. The van der Waals surface area contributed by atoms with Gasteiger partial charge in [-0.2, -0.15) is 0 Å². The Bertz CT molecular complexity index is 816. The molecular formula is C16H16ClN3O3S. The van der Waals surface area contributed by atoms with E-state index in [1.807, 2.05) is 18.2 Å². The fourth-order valence-electron chi connectivity index (χ4n) is 3.35. The molecule has 2 heterocycles. The van der Waals surface area contributed by atoms with Crippen molar-refractivity contribution in [2.75, 3.05) is 13.1 Å². The summed E-state index contributed by atoms with van der Waals surface area (Å²) >= 11 is 7.69. The number of halogens is 1. The van der Waals surface area contributed by atoms with Gasteiger partial charge in [0.15, 0.2) is 0 Å². The molecule has 0 unspecified atom stereocenters. The Morgan fingerprint density at radius 2 is 2.12 bits per heavy atom. The maximum atomic E-state index is 12.3. The highest BCUT2D eigenvalue weighted by Crippen LogP contribution is 2.38. The molecule has 1 aromatic carbocycles. The number of aromatic nitrogens is 1. The molecule has 126 valence electrons. The van der Waals surface area contributed by atoms with E-state index in [1.165, 1.54) is 0 Å². The van der Waals surface area contributed by atoms with E-state index in [9.17, 15) is 14.9 Å². The summed E-state index contributed by atoms with van der Waals surface area (Å²) in [6, 6.07) is 5.07. The third-order valence-electron chi connectivity index (χ3n) is 4.87. The largest absolute Gasteiger partial charge is 0.342 e. The number of piperidine rings is 1. The summed E-state index contributed by atoms with van der Waals surface area (Å²) in [6.45, 7) is 1.31. The number of hydrogen-bond donors (Lipinski definition) is 0. The zero-order valence-corrected chi connectivity index (χ0v) is 14.4. The molecule has 0 radical (unpaired) electrons. The van der Waals surface area contributed by atoms with Crippen molar-refractivity contribution in [3.63, 3.8) is 0 Å². The Kier molecular flexibility index (Phi) is 3.92. The number of carbonyl (C=O) groups is 1. The van der Waals surface area contributed by atoms with Crippen LogP contribution >= 0.6 is 22.9 Å². The van der Waals surface area contributed by atoms with E-state index < -0.39 is 12.0 Å². The van der Waals surface area contributed by atoms with Crippen molar-refractivity contribution in [2.45, 2.75) is 31.2 Å². The zero-order valence-electron chi connectivity index (χ0n) is 12.9. The Morgan fingerprint density at radius 1 is 1.38 bits per heavy atom. The Morgan fingerprint density at radius 3 is 2.79 bits per heavy atom. The molecule has 1 saturated carbocycles. The fraction of sp³-hybridized carbons (Fsp3) is 0.500. The van der Waals surface area contributed by atoms with Gasteiger partial charge in [-0.05, 0) is 31.0 Å². The van der Waals surface area contributed by atoms with Crippen LogP contribution in [0.5, 0.6) is 0 Å². The van der Waals surface area contributed by atoms with Crippen molar-refractivity contribution in [3.05, 3.63) is 38.3 Å². The smallest absolute Gasteiger partial charge is 0.232 e. The van der Waals surface area contributed by atoms with Crippen LogP contribution < -0.4 is 0 Å². The second-order valence-electron chi connectivity index (χ2n) is 6.46. The first-order chi connectivity index (χ1) is 11.5. The number of thiazole rings is 1. The van der Waals surface area contributed by atoms with Gasteiger partial charge in [-0.3, -0.25) is 14.9 Å². The Hall–Kier alpha value is -1.73. The predicted molar refractivity (Wildman–Crippen MR) is 92.1 cm³/mol. The van der Waals surface area contributed by atoms with Gasteiger partial charge in [0.1, 0.15) is 5.92 Å². The molecular weight excluding hydrogens is 350 g/mol. The summed E-state index contributed by atoms with van der Waals surface area (Å²) in [6.07, 6.45) is 2.11. The van der Waals surface area contributed by atoms with Crippen molar-refractivity contribution in [3.8, 4) is 0 Å². The van der Waals surface area contributed by atoms with E-state index in [2.05, 4.69) is 0 Å². The van der Waals surface area contributed by atoms with Crippen LogP contribution in [-0.2, 0) is 4.79 Å². The number of fused-ring (bicyclic) bond motifs is 1. The average molecular weight is 366 g/mol. The van der Waals surface area contributed by atoms with Gasteiger partial charge in [-0.25, -0.2) is 4.98 Å². The molecule has 1 aliphatic carbocycles. The molecule has 2 aliphatic rings. The first-order valence-electron chi connectivity index (χ1n) is 8.01. The summed E-state index contributed by atoms with van der Waals surface area (Å²) in [5, 5.41) is 12.5. The first-order valence-corrected chi connectivity index (χ1v) is 9.20. The topological polar surface area (TPSA) is 76.3 Å². The van der Waals surface area contributed by atoms with Crippen molar-refractivity contribution in [1.29, 1.82) is 0 Å². The maximum absolute atomic E-state index is 12.3. The van der Waals surface area contributed by atoms with Gasteiger partial charge in [0.05, 0.1) is 15.2 Å². The third kappa shape index (κ3) is 2.86. The van der Waals surface area contributed by atoms with Gasteiger partial charge in [0.2, 0.25) is 11.9 Å². The van der Waals surface area contributed by atoms with Crippen molar-refractivity contribution in [1.82, 2.24) is 9.88 Å². The maximum Gasteiger partial charge on any atom is 0.232 e. The predicted octanol–water partition coefficient (Wildman–Crippen LogP) is 3.32. The standard InChI is InChI=1S/C16H16ClN3O3S/c17-10-1-2-14-12(7-10)18-15(24-14)9-3-5-19(6-4-9)16(21)11-8-13(11)20(22)23/h1-2,7,9,11,13H,3-6,8H2/t11-,13-/m0/s1. The van der Waals surface area contributed by atoms with Gasteiger partial charge in [-0.1, -0.05) is 11.6 Å². The molecule has 6 nitrogen and oxygen atoms in total. The van der Waals surface area contributed by atoms with Crippen LogP contribution in [-0.4, -0.2) is 39.8 Å². The van der Waals surface area contributed by atoms with Crippen LogP contribution in [0.15, 0.2) is 18.2 Å². The van der Waals surface area contributed by atoms with Crippen molar-refractivity contribution >= 4 is 39.1 Å². The number of nitro groups is 1. The monoisotopic (exact) mass is 365 g/mol. The molecule has 1 aromatic heterocycles. The summed E-state index contributed by atoms with van der Waals surface area (Å²) in [5.74, 6) is -0.108. The molecule has 0 N–H and O–H groups in total. The van der Waals surface area contributed by atoms with Gasteiger partial charge in [0.25, 0.3) is 0 Å². The Labute approximate surface area is 147 Å². The number of rotatable bonds is 3. The fourth-order valence-corrected chi connectivity index (χ4v) is 4.64. The molecule has 2 aromatic rings. The molecule has 0 spiro atoms. The van der Waals surface area contributed by atoms with E-state index >= 15 is 0 Å². The van der Waals surface area contributed by atoms with Crippen molar-refractivity contribution in [2.24, 2.45) is 5.92 Å². The second kappa shape index (κ2) is 5.97. The summed E-state index contributed by atoms with van der Waals surface area (Å²) in [5.41, 5.74) is 0.924. The molecule has 1 aliphatic heterocycles. The highest BCUT2D eigenvalue weighted by Gasteiger charge is 2.54. The number of carbonyl (C=O) groups excluding carboxylic acids is 1. The number of benzene rings is 1. The van der Waals surface area contributed by atoms with Gasteiger partial charge in [0, 0.05) is 35.4 Å². The minimum Gasteiger partial charge on any atom is -0.342 e. The molecule has 1 amide bonds. The summed E-state index contributed by atoms with van der Waals surface area (Å²) < 4.78 is 1.12. The molecule has 8 heteroatoms. The van der Waals surface area contributed by atoms with Crippen molar-refractivity contribution < 1.29 is 9.72 Å². The van der Waals surface area contributed by atoms with Gasteiger partial charge < -0.3 is 4.90 Å². The molecule has 2 atom stereocenters. The van der Waals surface area contributed by atoms with E-state index in [4.69, 9.17) is 16.6 Å². The van der Waals surface area contributed by atoms with Crippen LogP contribution in [0.25, 0.3) is 10.2 Å². The van der Waals surface area contributed by atoms with Crippen LogP contribution in [0.4, 0.5) is 0 Å². The van der Waals surface area contributed by atoms with E-state index in [0.717, 1.165) is 28.1 Å². The number of nitrogens with zero attached hydrogens (tertiary/aromatic N) is 3. The minimum absolute atomic E-state index is 0.0498. The quantitative estimate of drug-likeness (QED) is 0.617. The minimum atomic E-state index is -0.663. The number of hydrogen-bond acceptors (Lipinski definition) is 5. The lowest BCUT2D eigenvalue weighted by atomic mass is 9.97. The van der Waals surface area contributed by atoms with E-state index in [-0.39, 0.29) is 10.8 Å². The number of likely N-dealkylation sites (tertiary alicyclic amines) is 1. The first kappa shape index (κ1) is 15.8. The highest BCUT2D eigenvalue weighted by molar-refractivity contribution is 7.18. The zero-order chi connectivity index (χ0) is 16.8. The molecule has 1 saturated heterocycles. The average Bonchev–Trinajstić information content (AvgIpc) is 3.27. The molecule has 0 bridgehead atoms. The second-order valence-corrected chi connectivity index (χ2v) is 7.96. The van der Waals surface area contributed by atoms with Gasteiger partial charge >= 0.3 is 0 Å². The highest BCUT2D eigenvalue weighted by atomic mass is 35.5. The molecule has 4 rings (SSSR count). The van der Waals surface area contributed by atoms with Crippen LogP contribution in [0.2, 0.25) is 5.02 Å². The van der Waals surface area contributed by atoms with Crippen LogP contribution in [0, 0.1) is 16.0 Å². The van der Waals surface area contributed by atoms with Crippen LogP contribution in [0.3, 0.4) is 0 Å². The lowest BCUT2D eigenvalue weighted by molar-refractivity contribution is -0.497. The number of amides is 1. The normalized spacial score (nSPS) is 24.3. The molecule has 2 fully saturated rings.